The van der Waals surface area contributed by atoms with Crippen molar-refractivity contribution in [1.82, 2.24) is 13.7 Å². The fourth-order valence-electron chi connectivity index (χ4n) is 3.50. The van der Waals surface area contributed by atoms with E-state index in [1.54, 1.807) is 0 Å². The molecule has 164 valence electrons. The van der Waals surface area contributed by atoms with E-state index in [0.29, 0.717) is 12.8 Å². The molecule has 2 heterocycles. The van der Waals surface area contributed by atoms with Crippen LogP contribution in [-0.4, -0.2) is 19.6 Å². The molecule has 3 aromatic rings. The van der Waals surface area contributed by atoms with Crippen molar-refractivity contribution in [3.63, 3.8) is 0 Å². The molecule has 1 amide bonds. The summed E-state index contributed by atoms with van der Waals surface area (Å²) in [7, 11) is 1.46. The van der Waals surface area contributed by atoms with E-state index in [2.05, 4.69) is 5.32 Å². The fraction of sp³-hybridized carbons (Fsp3) is 0.333. The minimum atomic E-state index is -0.743. The standard InChI is InChI=1S/C21H22ClFN4O4/c1-4-8-26-16(28)11-13(18(29)24-12-6-7-15(23)14(22)10-12)17-19(26)25(3)21(31)27(9-5-2)20(17)30/h6-7,10-11H,4-5,8-9H2,1-3H3,(H,24,29). The first-order valence-corrected chi connectivity index (χ1v) is 10.2. The number of benzene rings is 1. The van der Waals surface area contributed by atoms with Crippen molar-refractivity contribution in [2.24, 2.45) is 7.05 Å². The van der Waals surface area contributed by atoms with Crippen LogP contribution in [0.3, 0.4) is 0 Å². The fourth-order valence-corrected chi connectivity index (χ4v) is 3.68. The van der Waals surface area contributed by atoms with Gasteiger partial charge in [0.25, 0.3) is 17.0 Å². The van der Waals surface area contributed by atoms with Gasteiger partial charge in [0.15, 0.2) is 0 Å². The Labute approximate surface area is 181 Å². The molecule has 1 aromatic carbocycles. The van der Waals surface area contributed by atoms with E-state index in [0.717, 1.165) is 16.7 Å². The van der Waals surface area contributed by atoms with E-state index in [1.165, 1.54) is 28.3 Å². The predicted molar refractivity (Wildman–Crippen MR) is 118 cm³/mol. The van der Waals surface area contributed by atoms with Gasteiger partial charge >= 0.3 is 5.69 Å². The second-order valence-corrected chi connectivity index (χ2v) is 7.54. The number of nitrogens with zero attached hydrogens (tertiary/aromatic N) is 3. The Morgan fingerprint density at radius 2 is 1.71 bits per heavy atom. The number of fused-ring (bicyclic) bond motifs is 1. The molecule has 0 aliphatic carbocycles. The van der Waals surface area contributed by atoms with Crippen LogP contribution in [0.4, 0.5) is 10.1 Å². The summed E-state index contributed by atoms with van der Waals surface area (Å²) >= 11 is 5.77. The molecule has 10 heteroatoms. The van der Waals surface area contributed by atoms with Crippen LogP contribution in [0, 0.1) is 5.82 Å². The maximum absolute atomic E-state index is 13.4. The van der Waals surface area contributed by atoms with Gasteiger partial charge in [0, 0.05) is 31.9 Å². The van der Waals surface area contributed by atoms with Crippen molar-refractivity contribution in [1.29, 1.82) is 0 Å². The van der Waals surface area contributed by atoms with E-state index >= 15 is 0 Å². The predicted octanol–water partition coefficient (Wildman–Crippen LogP) is 2.73. The van der Waals surface area contributed by atoms with Gasteiger partial charge in [-0.05, 0) is 31.0 Å². The zero-order valence-electron chi connectivity index (χ0n) is 17.4. The quantitative estimate of drug-likeness (QED) is 0.627. The average Bonchev–Trinajstić information content (AvgIpc) is 2.73. The van der Waals surface area contributed by atoms with Crippen molar-refractivity contribution in [2.75, 3.05) is 5.32 Å². The minimum absolute atomic E-state index is 0.0330. The Morgan fingerprint density at radius 3 is 2.32 bits per heavy atom. The second-order valence-electron chi connectivity index (χ2n) is 7.13. The van der Waals surface area contributed by atoms with Gasteiger partial charge in [-0.3, -0.25) is 28.1 Å². The van der Waals surface area contributed by atoms with E-state index in [4.69, 9.17) is 11.6 Å². The number of halogens is 2. The van der Waals surface area contributed by atoms with E-state index < -0.39 is 28.5 Å². The molecule has 0 unspecified atom stereocenters. The van der Waals surface area contributed by atoms with Crippen molar-refractivity contribution in [3.05, 3.63) is 71.9 Å². The zero-order valence-corrected chi connectivity index (χ0v) is 18.1. The molecule has 3 rings (SSSR count). The lowest BCUT2D eigenvalue weighted by atomic mass is 10.1. The Hall–Kier alpha value is -3.20. The number of hydrogen-bond acceptors (Lipinski definition) is 4. The highest BCUT2D eigenvalue weighted by Crippen LogP contribution is 2.21. The summed E-state index contributed by atoms with van der Waals surface area (Å²) in [5.74, 6) is -1.39. The summed E-state index contributed by atoms with van der Waals surface area (Å²) in [6, 6.07) is 4.71. The molecule has 0 bridgehead atoms. The topological polar surface area (TPSA) is 95.1 Å². The van der Waals surface area contributed by atoms with Gasteiger partial charge in [-0.25, -0.2) is 9.18 Å². The molecule has 0 radical (unpaired) electrons. The Bertz CT molecular complexity index is 1360. The highest BCUT2D eigenvalue weighted by Gasteiger charge is 2.22. The van der Waals surface area contributed by atoms with Crippen LogP contribution in [0.1, 0.15) is 37.0 Å². The molecule has 0 aliphatic heterocycles. The van der Waals surface area contributed by atoms with Crippen LogP contribution in [0.5, 0.6) is 0 Å². The lowest BCUT2D eigenvalue weighted by Gasteiger charge is -2.17. The molecule has 8 nitrogen and oxygen atoms in total. The normalized spacial score (nSPS) is 11.1. The Balaban J connectivity index is 2.32. The number of rotatable bonds is 6. The second kappa shape index (κ2) is 8.89. The van der Waals surface area contributed by atoms with Crippen molar-refractivity contribution < 1.29 is 9.18 Å². The van der Waals surface area contributed by atoms with Gasteiger partial charge in [-0.2, -0.15) is 0 Å². The van der Waals surface area contributed by atoms with E-state index in [1.807, 2.05) is 13.8 Å². The number of hydrogen-bond donors (Lipinski definition) is 1. The van der Waals surface area contributed by atoms with Crippen molar-refractivity contribution in [3.8, 4) is 0 Å². The third-order valence-electron chi connectivity index (χ3n) is 4.89. The van der Waals surface area contributed by atoms with Crippen LogP contribution in [0.2, 0.25) is 5.02 Å². The Kier molecular flexibility index (Phi) is 6.45. The first-order valence-electron chi connectivity index (χ1n) is 9.85. The summed E-state index contributed by atoms with van der Waals surface area (Å²) in [6.45, 7) is 4.12. The number of aromatic nitrogens is 3. The van der Waals surface area contributed by atoms with Crippen LogP contribution in [-0.2, 0) is 20.1 Å². The molecular formula is C21H22ClFN4O4. The molecule has 0 saturated carbocycles. The van der Waals surface area contributed by atoms with Crippen LogP contribution < -0.4 is 22.1 Å². The average molecular weight is 449 g/mol. The number of carbonyl (C=O) groups is 1. The molecular weight excluding hydrogens is 427 g/mol. The largest absolute Gasteiger partial charge is 0.332 e. The first kappa shape index (κ1) is 22.5. The molecule has 0 spiro atoms. The van der Waals surface area contributed by atoms with Gasteiger partial charge in [0.2, 0.25) is 0 Å². The van der Waals surface area contributed by atoms with Gasteiger partial charge in [0.1, 0.15) is 11.5 Å². The van der Waals surface area contributed by atoms with E-state index in [-0.39, 0.29) is 40.4 Å². The van der Waals surface area contributed by atoms with Crippen molar-refractivity contribution >= 4 is 34.2 Å². The molecule has 0 aliphatic rings. The zero-order chi connectivity index (χ0) is 22.9. The van der Waals surface area contributed by atoms with Gasteiger partial charge < -0.3 is 5.32 Å². The van der Waals surface area contributed by atoms with Gasteiger partial charge in [-0.15, -0.1) is 0 Å². The van der Waals surface area contributed by atoms with Crippen LogP contribution >= 0.6 is 11.6 Å². The summed E-state index contributed by atoms with van der Waals surface area (Å²) in [6.07, 6.45) is 1.12. The highest BCUT2D eigenvalue weighted by molar-refractivity contribution is 6.31. The number of amides is 1. The lowest BCUT2D eigenvalue weighted by Crippen LogP contribution is -2.42. The molecule has 0 saturated heterocycles. The molecule has 2 aromatic heterocycles. The molecule has 0 fully saturated rings. The van der Waals surface area contributed by atoms with Gasteiger partial charge in [-0.1, -0.05) is 25.4 Å². The lowest BCUT2D eigenvalue weighted by molar-refractivity contribution is 0.102. The van der Waals surface area contributed by atoms with E-state index in [9.17, 15) is 23.6 Å². The third kappa shape index (κ3) is 4.05. The number of anilines is 1. The summed E-state index contributed by atoms with van der Waals surface area (Å²) in [4.78, 5) is 51.8. The number of pyridine rings is 1. The Morgan fingerprint density at radius 1 is 1.06 bits per heavy atom. The molecule has 31 heavy (non-hydrogen) atoms. The SMILES string of the molecule is CCCn1c(=O)c2c(C(=O)Nc3ccc(F)c(Cl)c3)cc(=O)n(CCC)c2n(C)c1=O. The summed E-state index contributed by atoms with van der Waals surface area (Å²) < 4.78 is 17.0. The highest BCUT2D eigenvalue weighted by atomic mass is 35.5. The summed E-state index contributed by atoms with van der Waals surface area (Å²) in [5.41, 5.74) is -1.61. The maximum Gasteiger partial charge on any atom is 0.332 e. The van der Waals surface area contributed by atoms with Crippen LogP contribution in [0.15, 0.2) is 38.6 Å². The van der Waals surface area contributed by atoms with Crippen LogP contribution in [0.25, 0.3) is 11.0 Å². The molecule has 0 atom stereocenters. The van der Waals surface area contributed by atoms with Crippen molar-refractivity contribution in [2.45, 2.75) is 39.8 Å². The monoisotopic (exact) mass is 448 g/mol. The third-order valence-corrected chi connectivity index (χ3v) is 5.18. The van der Waals surface area contributed by atoms with Gasteiger partial charge in [0.05, 0.1) is 16.0 Å². The number of carbonyl (C=O) groups excluding carboxylic acids is 1. The maximum atomic E-state index is 13.4. The minimum Gasteiger partial charge on any atom is -0.322 e. The first-order chi connectivity index (χ1) is 14.7. The smallest absolute Gasteiger partial charge is 0.322 e. The number of nitrogens with one attached hydrogen (secondary N) is 1. The summed E-state index contributed by atoms with van der Waals surface area (Å²) in [5, 5.41) is 2.32. The number of aryl methyl sites for hydroxylation is 2. The molecule has 1 N–H and O–H groups in total.